The van der Waals surface area contributed by atoms with E-state index in [-0.39, 0.29) is 6.09 Å². The van der Waals surface area contributed by atoms with Crippen molar-refractivity contribution < 1.29 is 9.53 Å². The topological polar surface area (TPSA) is 41.6 Å². The van der Waals surface area contributed by atoms with Gasteiger partial charge in [-0.05, 0) is 18.8 Å². The Labute approximate surface area is 78.2 Å². The molecule has 1 N–H and O–H groups in total. The highest BCUT2D eigenvalue weighted by molar-refractivity contribution is 5.68. The van der Waals surface area contributed by atoms with E-state index in [1.165, 1.54) is 13.5 Å². The first-order valence-electron chi connectivity index (χ1n) is 4.88. The monoisotopic (exact) mass is 184 g/mol. The number of fused-ring (bicyclic) bond motifs is 1. The van der Waals surface area contributed by atoms with E-state index in [9.17, 15) is 4.79 Å². The molecule has 0 aromatic heterocycles. The Kier molecular flexibility index (Phi) is 2.40. The predicted molar refractivity (Wildman–Crippen MR) is 48.5 cm³/mol. The van der Waals surface area contributed by atoms with E-state index in [0.29, 0.717) is 12.0 Å². The summed E-state index contributed by atoms with van der Waals surface area (Å²) in [5.74, 6) is 0.646. The minimum atomic E-state index is -0.168. The predicted octanol–water partition coefficient (Wildman–Crippen LogP) is 0.437. The fourth-order valence-electron chi connectivity index (χ4n) is 2.41. The molecule has 13 heavy (non-hydrogen) atoms. The van der Waals surface area contributed by atoms with Crippen molar-refractivity contribution in [3.8, 4) is 0 Å². The second kappa shape index (κ2) is 3.54. The van der Waals surface area contributed by atoms with Gasteiger partial charge >= 0.3 is 6.09 Å². The molecule has 4 nitrogen and oxygen atoms in total. The molecule has 0 spiro atoms. The molecule has 2 rings (SSSR count). The van der Waals surface area contributed by atoms with Gasteiger partial charge in [-0.15, -0.1) is 0 Å². The summed E-state index contributed by atoms with van der Waals surface area (Å²) in [6.45, 7) is 2.84. The van der Waals surface area contributed by atoms with Crippen LogP contribution < -0.4 is 5.32 Å². The van der Waals surface area contributed by atoms with E-state index in [2.05, 4.69) is 5.32 Å². The number of piperidine rings is 1. The number of nitrogens with one attached hydrogen (secondary N) is 1. The molecule has 1 amide bonds. The van der Waals surface area contributed by atoms with Gasteiger partial charge in [0.1, 0.15) is 0 Å². The van der Waals surface area contributed by atoms with Gasteiger partial charge in [-0.1, -0.05) is 0 Å². The summed E-state index contributed by atoms with van der Waals surface area (Å²) in [5.41, 5.74) is 0. The second-order valence-electron chi connectivity index (χ2n) is 3.79. The van der Waals surface area contributed by atoms with Crippen LogP contribution in [0.1, 0.15) is 12.8 Å². The number of rotatable bonds is 0. The van der Waals surface area contributed by atoms with E-state index in [1.807, 2.05) is 4.90 Å². The minimum Gasteiger partial charge on any atom is -0.453 e. The van der Waals surface area contributed by atoms with Crippen LogP contribution in [0.15, 0.2) is 0 Å². The molecule has 0 aromatic rings. The fraction of sp³-hybridized carbons (Fsp3) is 0.889. The largest absolute Gasteiger partial charge is 0.453 e. The standard InChI is InChI=1S/C9H16N2O2/c1-13-9(12)11-4-2-3-7-5-10-6-8(7)11/h7-8,10H,2-6H2,1H3/t7?,8-/m0/s1. The van der Waals surface area contributed by atoms with Crippen molar-refractivity contribution in [2.45, 2.75) is 18.9 Å². The molecule has 2 saturated heterocycles. The smallest absolute Gasteiger partial charge is 0.409 e. The third-order valence-electron chi connectivity index (χ3n) is 3.09. The molecule has 0 saturated carbocycles. The molecule has 74 valence electrons. The van der Waals surface area contributed by atoms with Gasteiger partial charge in [0.05, 0.1) is 13.2 Å². The lowest BCUT2D eigenvalue weighted by Crippen LogP contribution is -2.48. The molecule has 2 fully saturated rings. The Bertz CT molecular complexity index is 208. The highest BCUT2D eigenvalue weighted by Gasteiger charge is 2.37. The maximum absolute atomic E-state index is 11.4. The summed E-state index contributed by atoms with van der Waals surface area (Å²) in [6, 6.07) is 0.376. The summed E-state index contributed by atoms with van der Waals surface area (Å²) in [6.07, 6.45) is 2.18. The number of carbonyl (C=O) groups excluding carboxylic acids is 1. The Morgan fingerprint density at radius 2 is 2.38 bits per heavy atom. The van der Waals surface area contributed by atoms with Gasteiger partial charge in [-0.2, -0.15) is 0 Å². The van der Waals surface area contributed by atoms with Gasteiger partial charge in [0, 0.05) is 19.6 Å². The highest BCUT2D eigenvalue weighted by atomic mass is 16.5. The average molecular weight is 184 g/mol. The number of likely N-dealkylation sites (tertiary alicyclic amines) is 1. The van der Waals surface area contributed by atoms with Crippen LogP contribution in [-0.4, -0.2) is 43.8 Å². The number of hydrogen-bond acceptors (Lipinski definition) is 3. The van der Waals surface area contributed by atoms with E-state index >= 15 is 0 Å². The maximum atomic E-state index is 11.4. The average Bonchev–Trinajstić information content (AvgIpc) is 2.63. The Balaban J connectivity index is 2.05. The number of hydrogen-bond donors (Lipinski definition) is 1. The van der Waals surface area contributed by atoms with Gasteiger partial charge in [-0.3, -0.25) is 0 Å². The van der Waals surface area contributed by atoms with Crippen LogP contribution in [0.25, 0.3) is 0 Å². The van der Waals surface area contributed by atoms with Crippen molar-refractivity contribution in [2.24, 2.45) is 5.92 Å². The van der Waals surface area contributed by atoms with Crippen LogP contribution in [-0.2, 0) is 4.74 Å². The van der Waals surface area contributed by atoms with Crippen LogP contribution in [0.3, 0.4) is 0 Å². The van der Waals surface area contributed by atoms with Gasteiger partial charge in [-0.25, -0.2) is 4.79 Å². The van der Waals surface area contributed by atoms with Crippen molar-refractivity contribution in [1.82, 2.24) is 10.2 Å². The molecular weight excluding hydrogens is 168 g/mol. The molecule has 1 unspecified atom stereocenters. The van der Waals surface area contributed by atoms with Crippen molar-refractivity contribution >= 4 is 6.09 Å². The normalized spacial score (nSPS) is 32.8. The van der Waals surface area contributed by atoms with Crippen molar-refractivity contribution in [3.05, 3.63) is 0 Å². The lowest BCUT2D eigenvalue weighted by Gasteiger charge is -2.35. The number of methoxy groups -OCH3 is 1. The summed E-state index contributed by atoms with van der Waals surface area (Å²) in [7, 11) is 1.45. The van der Waals surface area contributed by atoms with Gasteiger partial charge < -0.3 is 15.0 Å². The van der Waals surface area contributed by atoms with Gasteiger partial charge in [0.15, 0.2) is 0 Å². The lowest BCUT2D eigenvalue weighted by atomic mass is 9.92. The lowest BCUT2D eigenvalue weighted by molar-refractivity contribution is 0.0811. The third-order valence-corrected chi connectivity index (χ3v) is 3.09. The Hall–Kier alpha value is -0.770. The number of nitrogens with zero attached hydrogens (tertiary/aromatic N) is 1. The van der Waals surface area contributed by atoms with Crippen LogP contribution in [0, 0.1) is 5.92 Å². The maximum Gasteiger partial charge on any atom is 0.409 e. The SMILES string of the molecule is COC(=O)N1CCCC2CNC[C@@H]21. The van der Waals surface area contributed by atoms with Crippen molar-refractivity contribution in [1.29, 1.82) is 0 Å². The van der Waals surface area contributed by atoms with Crippen molar-refractivity contribution in [2.75, 3.05) is 26.7 Å². The van der Waals surface area contributed by atoms with Crippen LogP contribution in [0.4, 0.5) is 4.79 Å². The summed E-state index contributed by atoms with van der Waals surface area (Å²) in [5, 5.41) is 3.32. The number of ether oxygens (including phenoxy) is 1. The molecule has 2 aliphatic rings. The van der Waals surface area contributed by atoms with Crippen molar-refractivity contribution in [3.63, 3.8) is 0 Å². The molecule has 0 aromatic carbocycles. The third kappa shape index (κ3) is 1.50. The summed E-state index contributed by atoms with van der Waals surface area (Å²) >= 11 is 0. The zero-order chi connectivity index (χ0) is 9.26. The molecule has 2 atom stereocenters. The molecule has 4 heteroatoms. The summed E-state index contributed by atoms with van der Waals surface area (Å²) < 4.78 is 4.76. The number of carbonyl (C=O) groups is 1. The molecule has 0 radical (unpaired) electrons. The van der Waals surface area contributed by atoms with Gasteiger partial charge in [0.25, 0.3) is 0 Å². The number of amides is 1. The van der Waals surface area contributed by atoms with Crippen LogP contribution >= 0.6 is 0 Å². The molecule has 2 heterocycles. The molecular formula is C9H16N2O2. The van der Waals surface area contributed by atoms with Crippen LogP contribution in [0.2, 0.25) is 0 Å². The first-order chi connectivity index (χ1) is 6.33. The Morgan fingerprint density at radius 1 is 1.54 bits per heavy atom. The van der Waals surface area contributed by atoms with E-state index in [4.69, 9.17) is 4.74 Å². The highest BCUT2D eigenvalue weighted by Crippen LogP contribution is 2.26. The van der Waals surface area contributed by atoms with Crippen LogP contribution in [0.5, 0.6) is 0 Å². The second-order valence-corrected chi connectivity index (χ2v) is 3.79. The molecule has 0 aliphatic carbocycles. The van der Waals surface area contributed by atoms with E-state index in [1.54, 1.807) is 0 Å². The first kappa shape index (κ1) is 8.81. The summed E-state index contributed by atoms with van der Waals surface area (Å²) in [4.78, 5) is 13.3. The zero-order valence-corrected chi connectivity index (χ0v) is 7.95. The molecule has 0 bridgehead atoms. The van der Waals surface area contributed by atoms with E-state index in [0.717, 1.165) is 26.1 Å². The van der Waals surface area contributed by atoms with Gasteiger partial charge in [0.2, 0.25) is 0 Å². The zero-order valence-electron chi connectivity index (χ0n) is 7.95. The molecule has 2 aliphatic heterocycles. The fourth-order valence-corrected chi connectivity index (χ4v) is 2.41. The quantitative estimate of drug-likeness (QED) is 0.594. The van der Waals surface area contributed by atoms with E-state index < -0.39 is 0 Å². The first-order valence-corrected chi connectivity index (χ1v) is 4.88. The minimum absolute atomic E-state index is 0.168. The Morgan fingerprint density at radius 3 is 3.15 bits per heavy atom.